The van der Waals surface area contributed by atoms with E-state index in [0.29, 0.717) is 18.0 Å². The van der Waals surface area contributed by atoms with E-state index in [4.69, 9.17) is 21.1 Å². The fourth-order valence-electron chi connectivity index (χ4n) is 3.09. The standard InChI is InChI=1S/C23H22ClN5O2.ClH/c1-30-22-15-18(16-25-14-13-17-7-10-19(24)11-8-17)9-12-21(22)31-23-26-27-28-29(23)20-5-3-2-4-6-20;/h2-12,15,25H,13-14,16H2,1H3;1H/p-1. The Morgan fingerprint density at radius 1 is 0.938 bits per heavy atom. The number of ether oxygens (including phenoxy) is 2. The van der Waals surface area contributed by atoms with Gasteiger partial charge < -0.3 is 27.2 Å². The number of methoxy groups -OCH3 is 1. The van der Waals surface area contributed by atoms with Gasteiger partial charge in [-0.05, 0) is 70.9 Å². The maximum absolute atomic E-state index is 5.94. The van der Waals surface area contributed by atoms with E-state index in [1.807, 2.05) is 72.8 Å². The summed E-state index contributed by atoms with van der Waals surface area (Å²) in [6, 6.07) is 23.5. The second-order valence-electron chi connectivity index (χ2n) is 6.85. The van der Waals surface area contributed by atoms with Gasteiger partial charge in [0.15, 0.2) is 11.5 Å². The highest BCUT2D eigenvalue weighted by atomic mass is 35.5. The predicted octanol–water partition coefficient (Wildman–Crippen LogP) is 1.45. The van der Waals surface area contributed by atoms with Crippen LogP contribution in [0.25, 0.3) is 5.69 Å². The van der Waals surface area contributed by atoms with Gasteiger partial charge in [0.1, 0.15) is 0 Å². The molecule has 0 amide bonds. The Kier molecular flexibility index (Phi) is 8.44. The van der Waals surface area contributed by atoms with Crippen LogP contribution in [0.15, 0.2) is 72.8 Å². The third-order valence-corrected chi connectivity index (χ3v) is 4.96. The molecule has 0 aliphatic heterocycles. The number of aromatic nitrogens is 4. The molecule has 0 spiro atoms. The number of nitrogens with zero attached hydrogens (tertiary/aromatic N) is 4. The molecule has 0 atom stereocenters. The van der Waals surface area contributed by atoms with Crippen molar-refractivity contribution in [2.45, 2.75) is 13.0 Å². The van der Waals surface area contributed by atoms with Crippen LogP contribution in [0.4, 0.5) is 0 Å². The van der Waals surface area contributed by atoms with E-state index in [1.54, 1.807) is 7.11 Å². The number of nitrogens with one attached hydrogen (secondary N) is 1. The maximum Gasteiger partial charge on any atom is 0.346 e. The van der Waals surface area contributed by atoms with Crippen LogP contribution in [0.2, 0.25) is 5.02 Å². The Bertz CT molecular complexity index is 1120. The van der Waals surface area contributed by atoms with Gasteiger partial charge in [0, 0.05) is 11.6 Å². The lowest BCUT2D eigenvalue weighted by Crippen LogP contribution is -3.00. The van der Waals surface area contributed by atoms with Gasteiger partial charge in [-0.2, -0.15) is 4.68 Å². The first kappa shape index (κ1) is 23.5. The highest BCUT2D eigenvalue weighted by Crippen LogP contribution is 2.32. The lowest BCUT2D eigenvalue weighted by Gasteiger charge is -2.12. The fourth-order valence-corrected chi connectivity index (χ4v) is 3.22. The molecule has 4 aromatic rings. The Hall–Kier alpha value is -3.13. The third-order valence-electron chi connectivity index (χ3n) is 4.70. The molecule has 32 heavy (non-hydrogen) atoms. The summed E-state index contributed by atoms with van der Waals surface area (Å²) in [7, 11) is 1.61. The zero-order valence-electron chi connectivity index (χ0n) is 17.4. The summed E-state index contributed by atoms with van der Waals surface area (Å²) < 4.78 is 13.0. The van der Waals surface area contributed by atoms with Crippen molar-refractivity contribution in [3.05, 3.63) is 88.9 Å². The smallest absolute Gasteiger partial charge is 0.346 e. The fraction of sp³-hybridized carbons (Fsp3) is 0.174. The summed E-state index contributed by atoms with van der Waals surface area (Å²) in [6.07, 6.45) is 0.928. The summed E-state index contributed by atoms with van der Waals surface area (Å²) in [5, 5.41) is 15.9. The lowest BCUT2D eigenvalue weighted by atomic mass is 10.1. The number of hydrogen-bond donors (Lipinski definition) is 1. The van der Waals surface area contributed by atoms with E-state index in [0.717, 1.165) is 29.2 Å². The van der Waals surface area contributed by atoms with Gasteiger partial charge >= 0.3 is 6.01 Å². The van der Waals surface area contributed by atoms with Crippen molar-refractivity contribution in [1.82, 2.24) is 25.5 Å². The molecule has 0 radical (unpaired) electrons. The van der Waals surface area contributed by atoms with Gasteiger partial charge in [0.2, 0.25) is 0 Å². The van der Waals surface area contributed by atoms with Crippen molar-refractivity contribution >= 4 is 11.6 Å². The number of hydrogen-bond acceptors (Lipinski definition) is 6. The van der Waals surface area contributed by atoms with Crippen LogP contribution in [0.5, 0.6) is 17.5 Å². The second-order valence-corrected chi connectivity index (χ2v) is 7.29. The largest absolute Gasteiger partial charge is 1.00 e. The summed E-state index contributed by atoms with van der Waals surface area (Å²) in [4.78, 5) is 0. The molecule has 7 nitrogen and oxygen atoms in total. The van der Waals surface area contributed by atoms with Gasteiger partial charge in [-0.25, -0.2) is 0 Å². The van der Waals surface area contributed by atoms with Crippen molar-refractivity contribution < 1.29 is 21.9 Å². The summed E-state index contributed by atoms with van der Waals surface area (Å²) in [6.45, 7) is 1.57. The summed E-state index contributed by atoms with van der Waals surface area (Å²) >= 11 is 5.93. The first-order valence-electron chi connectivity index (χ1n) is 9.86. The van der Waals surface area contributed by atoms with E-state index in [-0.39, 0.29) is 18.4 Å². The first-order chi connectivity index (χ1) is 15.2. The number of rotatable bonds is 9. The molecule has 0 unspecified atom stereocenters. The third kappa shape index (κ3) is 5.97. The van der Waals surface area contributed by atoms with Crippen LogP contribution in [-0.2, 0) is 13.0 Å². The van der Waals surface area contributed by atoms with Crippen molar-refractivity contribution in [3.8, 4) is 23.2 Å². The van der Waals surface area contributed by atoms with Gasteiger partial charge in [-0.3, -0.25) is 0 Å². The molecular formula is C23H22Cl2N5O2-. The molecule has 1 N–H and O–H groups in total. The highest BCUT2D eigenvalue weighted by molar-refractivity contribution is 6.30. The van der Waals surface area contributed by atoms with Gasteiger partial charge in [0.05, 0.1) is 12.8 Å². The van der Waals surface area contributed by atoms with Crippen LogP contribution in [0.1, 0.15) is 11.1 Å². The molecule has 166 valence electrons. The van der Waals surface area contributed by atoms with Crippen LogP contribution >= 0.6 is 11.6 Å². The van der Waals surface area contributed by atoms with Crippen LogP contribution < -0.4 is 27.2 Å². The minimum atomic E-state index is 0. The molecule has 1 heterocycles. The first-order valence-corrected chi connectivity index (χ1v) is 10.2. The van der Waals surface area contributed by atoms with E-state index in [2.05, 4.69) is 20.8 Å². The number of benzene rings is 3. The van der Waals surface area contributed by atoms with Gasteiger partial charge in [0.25, 0.3) is 0 Å². The minimum Gasteiger partial charge on any atom is -1.00 e. The number of halogens is 2. The van der Waals surface area contributed by atoms with Crippen molar-refractivity contribution in [2.24, 2.45) is 0 Å². The van der Waals surface area contributed by atoms with Gasteiger partial charge in [-0.15, -0.1) is 0 Å². The second kappa shape index (κ2) is 11.5. The molecular weight excluding hydrogens is 449 g/mol. The Labute approximate surface area is 197 Å². The van der Waals surface area contributed by atoms with Crippen molar-refractivity contribution in [2.75, 3.05) is 13.7 Å². The van der Waals surface area contributed by atoms with E-state index in [9.17, 15) is 0 Å². The van der Waals surface area contributed by atoms with E-state index < -0.39 is 0 Å². The van der Waals surface area contributed by atoms with Crippen molar-refractivity contribution in [1.29, 1.82) is 0 Å². The van der Waals surface area contributed by atoms with E-state index >= 15 is 0 Å². The van der Waals surface area contributed by atoms with Crippen molar-refractivity contribution in [3.63, 3.8) is 0 Å². The highest BCUT2D eigenvalue weighted by Gasteiger charge is 2.14. The molecule has 1 aromatic heterocycles. The zero-order valence-corrected chi connectivity index (χ0v) is 18.9. The van der Waals surface area contributed by atoms with Gasteiger partial charge in [-0.1, -0.05) is 53.1 Å². The monoisotopic (exact) mass is 470 g/mol. The Morgan fingerprint density at radius 2 is 1.69 bits per heavy atom. The lowest BCUT2D eigenvalue weighted by molar-refractivity contribution is -0.00000712. The average Bonchev–Trinajstić information content (AvgIpc) is 3.27. The van der Waals surface area contributed by atoms with Crippen LogP contribution in [-0.4, -0.2) is 33.9 Å². The molecule has 4 rings (SSSR count). The summed E-state index contributed by atoms with van der Waals surface area (Å²) in [5.74, 6) is 1.15. The quantitative estimate of drug-likeness (QED) is 0.373. The molecule has 0 bridgehead atoms. The Morgan fingerprint density at radius 3 is 2.44 bits per heavy atom. The maximum atomic E-state index is 5.94. The molecule has 0 aliphatic rings. The number of para-hydroxylation sites is 1. The van der Waals surface area contributed by atoms with Crippen LogP contribution in [0.3, 0.4) is 0 Å². The zero-order chi connectivity index (χ0) is 21.5. The number of tetrazole rings is 1. The molecule has 0 saturated heterocycles. The Balaban J connectivity index is 0.00000289. The average molecular weight is 471 g/mol. The van der Waals surface area contributed by atoms with Crippen LogP contribution in [0, 0.1) is 0 Å². The van der Waals surface area contributed by atoms with E-state index in [1.165, 1.54) is 10.2 Å². The normalized spacial score (nSPS) is 10.4. The molecule has 0 saturated carbocycles. The molecule has 9 heteroatoms. The SMILES string of the molecule is COc1cc(CNCCc2ccc(Cl)cc2)ccc1Oc1nnnn1-c1ccccc1.[Cl-]. The molecule has 0 fully saturated rings. The topological polar surface area (TPSA) is 74.1 Å². The molecule has 3 aromatic carbocycles. The molecule has 0 aliphatic carbocycles. The minimum absolute atomic E-state index is 0. The summed E-state index contributed by atoms with van der Waals surface area (Å²) in [5.41, 5.74) is 3.14. The predicted molar refractivity (Wildman–Crippen MR) is 119 cm³/mol.